The van der Waals surface area contributed by atoms with Gasteiger partial charge in [-0.1, -0.05) is 17.7 Å². The summed E-state index contributed by atoms with van der Waals surface area (Å²) in [4.78, 5) is 31.8. The smallest absolute Gasteiger partial charge is 0.262 e. The van der Waals surface area contributed by atoms with Gasteiger partial charge in [0.1, 0.15) is 11.4 Å². The number of benzene rings is 1. The number of rotatable bonds is 3. The second-order valence-corrected chi connectivity index (χ2v) is 8.02. The summed E-state index contributed by atoms with van der Waals surface area (Å²) in [7, 11) is 0. The number of hydrogen-bond acceptors (Lipinski definition) is 4. The van der Waals surface area contributed by atoms with E-state index in [9.17, 15) is 9.59 Å². The van der Waals surface area contributed by atoms with Gasteiger partial charge in [0.2, 0.25) is 5.91 Å². The SMILES string of the molecule is Cc1c(Cl)cccc1NC(=O)Cn1cnc2sc3c(c2c1=O)CCCC3. The highest BCUT2D eigenvalue weighted by Crippen LogP contribution is 2.33. The highest BCUT2D eigenvalue weighted by molar-refractivity contribution is 7.18. The number of nitrogens with one attached hydrogen (secondary N) is 1. The van der Waals surface area contributed by atoms with Crippen molar-refractivity contribution >= 4 is 44.7 Å². The van der Waals surface area contributed by atoms with Crippen molar-refractivity contribution in [1.82, 2.24) is 9.55 Å². The fourth-order valence-electron chi connectivity index (χ4n) is 3.38. The van der Waals surface area contributed by atoms with Crippen molar-refractivity contribution in [2.24, 2.45) is 0 Å². The van der Waals surface area contributed by atoms with Gasteiger partial charge in [0.05, 0.1) is 11.7 Å². The topological polar surface area (TPSA) is 64.0 Å². The van der Waals surface area contributed by atoms with Crippen molar-refractivity contribution in [3.8, 4) is 0 Å². The summed E-state index contributed by atoms with van der Waals surface area (Å²) >= 11 is 7.70. The van der Waals surface area contributed by atoms with Gasteiger partial charge < -0.3 is 5.32 Å². The number of nitrogens with zero attached hydrogens (tertiary/aromatic N) is 2. The molecule has 1 aromatic carbocycles. The molecule has 0 saturated carbocycles. The first-order chi connectivity index (χ1) is 12.5. The molecule has 0 aliphatic heterocycles. The van der Waals surface area contributed by atoms with Crippen LogP contribution in [-0.2, 0) is 24.2 Å². The van der Waals surface area contributed by atoms with Gasteiger partial charge in [-0.2, -0.15) is 0 Å². The van der Waals surface area contributed by atoms with Crippen LogP contribution in [0.4, 0.5) is 5.69 Å². The second-order valence-electron chi connectivity index (χ2n) is 6.53. The molecule has 0 fully saturated rings. The van der Waals surface area contributed by atoms with Crippen molar-refractivity contribution < 1.29 is 4.79 Å². The average molecular weight is 388 g/mol. The van der Waals surface area contributed by atoms with E-state index in [-0.39, 0.29) is 18.0 Å². The van der Waals surface area contributed by atoms with E-state index in [0.717, 1.165) is 41.6 Å². The maximum absolute atomic E-state index is 12.9. The van der Waals surface area contributed by atoms with Gasteiger partial charge in [0.15, 0.2) is 0 Å². The van der Waals surface area contributed by atoms with E-state index in [0.29, 0.717) is 16.1 Å². The normalized spacial score (nSPS) is 13.6. The lowest BCUT2D eigenvalue weighted by atomic mass is 9.97. The monoisotopic (exact) mass is 387 g/mol. The molecule has 0 radical (unpaired) electrons. The van der Waals surface area contributed by atoms with Crippen LogP contribution in [0.3, 0.4) is 0 Å². The van der Waals surface area contributed by atoms with Crippen molar-refractivity contribution in [2.45, 2.75) is 39.2 Å². The van der Waals surface area contributed by atoms with Crippen molar-refractivity contribution in [3.05, 3.63) is 55.9 Å². The molecule has 7 heteroatoms. The number of halogens is 1. The van der Waals surface area contributed by atoms with Gasteiger partial charge in [0.25, 0.3) is 5.56 Å². The number of thiophene rings is 1. The molecule has 2 aromatic heterocycles. The summed E-state index contributed by atoms with van der Waals surface area (Å²) in [6.07, 6.45) is 5.67. The number of amides is 1. The van der Waals surface area contributed by atoms with Crippen LogP contribution >= 0.6 is 22.9 Å². The Bertz CT molecular complexity index is 1070. The van der Waals surface area contributed by atoms with E-state index in [2.05, 4.69) is 10.3 Å². The number of hydrogen-bond donors (Lipinski definition) is 1. The number of fused-ring (bicyclic) bond motifs is 3. The van der Waals surface area contributed by atoms with Crippen LogP contribution in [0, 0.1) is 6.92 Å². The minimum absolute atomic E-state index is 0.0711. The van der Waals surface area contributed by atoms with Gasteiger partial charge in [-0.25, -0.2) is 4.98 Å². The minimum atomic E-state index is -0.275. The summed E-state index contributed by atoms with van der Waals surface area (Å²) in [6.45, 7) is 1.77. The molecule has 0 unspecified atom stereocenters. The maximum atomic E-state index is 12.9. The van der Waals surface area contributed by atoms with Crippen LogP contribution in [0.15, 0.2) is 29.3 Å². The number of carbonyl (C=O) groups excluding carboxylic acids is 1. The maximum Gasteiger partial charge on any atom is 0.262 e. The molecule has 1 aliphatic rings. The summed E-state index contributed by atoms with van der Waals surface area (Å²) in [6, 6.07) is 5.34. The summed E-state index contributed by atoms with van der Waals surface area (Å²) in [5, 5.41) is 4.11. The lowest BCUT2D eigenvalue weighted by Crippen LogP contribution is -2.28. The standard InChI is InChI=1S/C19H18ClN3O2S/c1-11-13(20)6-4-7-14(11)22-16(24)9-23-10-21-18-17(19(23)25)12-5-2-3-8-15(12)26-18/h4,6-7,10H,2-3,5,8-9H2,1H3,(H,22,24). The molecule has 0 atom stereocenters. The molecular weight excluding hydrogens is 370 g/mol. The van der Waals surface area contributed by atoms with E-state index < -0.39 is 0 Å². The van der Waals surface area contributed by atoms with Gasteiger partial charge in [-0.15, -0.1) is 11.3 Å². The Morgan fingerprint density at radius 3 is 3.00 bits per heavy atom. The molecule has 4 rings (SSSR count). The number of carbonyl (C=O) groups is 1. The van der Waals surface area contributed by atoms with E-state index >= 15 is 0 Å². The van der Waals surface area contributed by atoms with Gasteiger partial charge in [-0.05, 0) is 55.9 Å². The molecule has 26 heavy (non-hydrogen) atoms. The minimum Gasteiger partial charge on any atom is -0.324 e. The Morgan fingerprint density at radius 1 is 1.35 bits per heavy atom. The number of anilines is 1. The molecule has 5 nitrogen and oxygen atoms in total. The quantitative estimate of drug-likeness (QED) is 0.740. The zero-order valence-corrected chi connectivity index (χ0v) is 15.9. The Morgan fingerprint density at radius 2 is 2.15 bits per heavy atom. The van der Waals surface area contributed by atoms with Crippen LogP contribution in [0.2, 0.25) is 5.02 Å². The molecule has 0 saturated heterocycles. The molecule has 0 spiro atoms. The number of aromatic nitrogens is 2. The first-order valence-electron chi connectivity index (χ1n) is 8.59. The largest absolute Gasteiger partial charge is 0.324 e. The summed E-state index contributed by atoms with van der Waals surface area (Å²) in [5.41, 5.74) is 2.45. The van der Waals surface area contributed by atoms with E-state index in [1.807, 2.05) is 6.92 Å². The zero-order chi connectivity index (χ0) is 18.3. The predicted octanol–water partition coefficient (Wildman–Crippen LogP) is 3.94. The first-order valence-corrected chi connectivity index (χ1v) is 9.78. The lowest BCUT2D eigenvalue weighted by molar-refractivity contribution is -0.116. The molecule has 1 N–H and O–H groups in total. The molecule has 1 aliphatic carbocycles. The first kappa shape index (κ1) is 17.2. The Kier molecular flexibility index (Phi) is 4.54. The van der Waals surface area contributed by atoms with Crippen LogP contribution in [0.25, 0.3) is 10.2 Å². The molecule has 3 aromatic rings. The fraction of sp³-hybridized carbons (Fsp3) is 0.316. The van der Waals surface area contributed by atoms with Crippen LogP contribution < -0.4 is 10.9 Å². The van der Waals surface area contributed by atoms with Crippen molar-refractivity contribution in [2.75, 3.05) is 5.32 Å². The Balaban J connectivity index is 1.63. The highest BCUT2D eigenvalue weighted by atomic mass is 35.5. The molecule has 0 bridgehead atoms. The lowest BCUT2D eigenvalue weighted by Gasteiger charge is -2.11. The predicted molar refractivity (Wildman–Crippen MR) is 105 cm³/mol. The Hall–Kier alpha value is -2.18. The van der Waals surface area contributed by atoms with E-state index in [1.54, 1.807) is 29.5 Å². The van der Waals surface area contributed by atoms with Crippen LogP contribution in [-0.4, -0.2) is 15.5 Å². The third-order valence-electron chi connectivity index (χ3n) is 4.80. The van der Waals surface area contributed by atoms with E-state index in [4.69, 9.17) is 11.6 Å². The number of aryl methyl sites for hydroxylation is 2. The van der Waals surface area contributed by atoms with Gasteiger partial charge in [0, 0.05) is 15.6 Å². The molecule has 1 amide bonds. The average Bonchev–Trinajstić information content (AvgIpc) is 3.01. The molecule has 2 heterocycles. The molecule has 134 valence electrons. The zero-order valence-electron chi connectivity index (χ0n) is 14.3. The Labute approximate surface area is 159 Å². The highest BCUT2D eigenvalue weighted by Gasteiger charge is 2.20. The second kappa shape index (κ2) is 6.85. The van der Waals surface area contributed by atoms with E-state index in [1.165, 1.54) is 15.8 Å². The van der Waals surface area contributed by atoms with Gasteiger partial charge >= 0.3 is 0 Å². The summed E-state index contributed by atoms with van der Waals surface area (Å²) in [5.74, 6) is -0.275. The molecular formula is C19H18ClN3O2S. The third kappa shape index (κ3) is 3.04. The van der Waals surface area contributed by atoms with Crippen LogP contribution in [0.1, 0.15) is 28.8 Å². The third-order valence-corrected chi connectivity index (χ3v) is 6.41. The summed E-state index contributed by atoms with van der Waals surface area (Å²) < 4.78 is 1.39. The van der Waals surface area contributed by atoms with Crippen molar-refractivity contribution in [1.29, 1.82) is 0 Å². The fourth-order valence-corrected chi connectivity index (χ4v) is 4.78. The van der Waals surface area contributed by atoms with Crippen molar-refractivity contribution in [3.63, 3.8) is 0 Å². The van der Waals surface area contributed by atoms with Crippen LogP contribution in [0.5, 0.6) is 0 Å². The van der Waals surface area contributed by atoms with Gasteiger partial charge in [-0.3, -0.25) is 14.2 Å².